The summed E-state index contributed by atoms with van der Waals surface area (Å²) in [6.45, 7) is 2.37. The van der Waals surface area contributed by atoms with Gasteiger partial charge in [0.05, 0.1) is 13.2 Å². The van der Waals surface area contributed by atoms with Gasteiger partial charge in [-0.1, -0.05) is 89.9 Å². The highest BCUT2D eigenvalue weighted by Gasteiger charge is 2.24. The van der Waals surface area contributed by atoms with Crippen LogP contribution in [0.1, 0.15) is 116 Å². The Morgan fingerprint density at radius 2 is 0.750 bits per heavy atom. The van der Waals surface area contributed by atoms with Crippen molar-refractivity contribution in [2.24, 2.45) is 0 Å². The van der Waals surface area contributed by atoms with Gasteiger partial charge in [0.1, 0.15) is 25.4 Å². The zero-order chi connectivity index (χ0) is 22.7. The Morgan fingerprint density at radius 3 is 1.00 bits per heavy atom. The van der Waals surface area contributed by atoms with Crippen LogP contribution in [0.3, 0.4) is 0 Å². The molecule has 2 aliphatic rings. The zero-order valence-electron chi connectivity index (χ0n) is 20.2. The molecule has 2 atom stereocenters. The van der Waals surface area contributed by atoms with Crippen LogP contribution in [0.4, 0.5) is 0 Å². The summed E-state index contributed by atoms with van der Waals surface area (Å²) in [5.74, 6) is -0.143. The molecule has 0 radical (unpaired) electrons. The molecule has 6 heteroatoms. The largest absolute Gasteiger partial charge is 0.463 e. The maximum atomic E-state index is 11.5. The van der Waals surface area contributed by atoms with Crippen LogP contribution in [0.2, 0.25) is 0 Å². The van der Waals surface area contributed by atoms with E-state index < -0.39 is 0 Å². The molecule has 2 aliphatic heterocycles. The van der Waals surface area contributed by atoms with E-state index in [2.05, 4.69) is 0 Å². The van der Waals surface area contributed by atoms with E-state index in [0.29, 0.717) is 26.1 Å². The van der Waals surface area contributed by atoms with E-state index in [1.54, 1.807) is 0 Å². The number of carbonyl (C=O) groups excluding carboxylic acids is 2. The maximum absolute atomic E-state index is 11.5. The molecule has 2 fully saturated rings. The molecule has 0 N–H and O–H groups in total. The van der Waals surface area contributed by atoms with Crippen molar-refractivity contribution < 1.29 is 28.5 Å². The Morgan fingerprint density at radius 1 is 0.500 bits per heavy atom. The highest BCUT2D eigenvalue weighted by atomic mass is 16.6. The minimum atomic E-state index is -0.0715. The fraction of sp³-hybridized carbons (Fsp3) is 0.923. The van der Waals surface area contributed by atoms with Gasteiger partial charge in [0.25, 0.3) is 0 Å². The maximum Gasteiger partial charge on any atom is 0.305 e. The standard InChI is InChI=1S/C26H46O6/c27-25(31-21-23-19-29-23)17-15-13-11-9-7-5-3-1-2-4-6-8-10-12-14-16-18-26(28)32-22-24-20-30-24/h23-24H,1-22H2. The number of epoxide rings is 2. The molecule has 0 amide bonds. The Balaban J connectivity index is 1.17. The Bertz CT molecular complexity index is 443. The summed E-state index contributed by atoms with van der Waals surface area (Å²) in [6, 6.07) is 0. The number of carbonyl (C=O) groups is 2. The first-order valence-electron chi connectivity index (χ1n) is 13.3. The molecule has 186 valence electrons. The lowest BCUT2D eigenvalue weighted by Gasteiger charge is -2.04. The molecule has 0 aromatic heterocycles. The summed E-state index contributed by atoms with van der Waals surface area (Å²) in [4.78, 5) is 23.0. The molecule has 2 rings (SSSR count). The minimum absolute atomic E-state index is 0.0715. The van der Waals surface area contributed by atoms with Crippen LogP contribution in [0.15, 0.2) is 0 Å². The zero-order valence-corrected chi connectivity index (χ0v) is 20.2. The lowest BCUT2D eigenvalue weighted by Crippen LogP contribution is -2.09. The molecule has 2 heterocycles. The second kappa shape index (κ2) is 18.3. The van der Waals surface area contributed by atoms with Gasteiger partial charge in [0, 0.05) is 12.8 Å². The van der Waals surface area contributed by atoms with Crippen molar-refractivity contribution in [1.82, 2.24) is 0 Å². The summed E-state index contributed by atoms with van der Waals surface area (Å²) in [6.07, 6.45) is 21.5. The summed E-state index contributed by atoms with van der Waals surface area (Å²) >= 11 is 0. The van der Waals surface area contributed by atoms with Crippen LogP contribution in [0, 0.1) is 0 Å². The van der Waals surface area contributed by atoms with E-state index in [4.69, 9.17) is 18.9 Å². The topological polar surface area (TPSA) is 77.7 Å². The molecule has 0 aromatic carbocycles. The SMILES string of the molecule is O=C(CCCCCCCCCCCCCCCCCCC(=O)OCC1CO1)OCC1CO1. The number of unbranched alkanes of at least 4 members (excludes halogenated alkanes) is 15. The third-order valence-electron chi connectivity index (χ3n) is 6.18. The summed E-state index contributed by atoms with van der Waals surface area (Å²) in [5.41, 5.74) is 0. The first kappa shape index (κ1) is 27.1. The monoisotopic (exact) mass is 454 g/mol. The van der Waals surface area contributed by atoms with Gasteiger partial charge >= 0.3 is 11.9 Å². The van der Waals surface area contributed by atoms with Crippen LogP contribution < -0.4 is 0 Å². The van der Waals surface area contributed by atoms with Crippen LogP contribution in [0.5, 0.6) is 0 Å². The Labute approximate surface area is 195 Å². The summed E-state index contributed by atoms with van der Waals surface area (Å²) < 4.78 is 20.3. The number of ether oxygens (including phenoxy) is 4. The van der Waals surface area contributed by atoms with Crippen molar-refractivity contribution in [2.75, 3.05) is 26.4 Å². The molecule has 0 bridgehead atoms. The molecule has 0 spiro atoms. The molecular formula is C26H46O6. The molecule has 0 saturated carbocycles. The third kappa shape index (κ3) is 17.4. The van der Waals surface area contributed by atoms with Crippen molar-refractivity contribution >= 4 is 11.9 Å². The van der Waals surface area contributed by atoms with Gasteiger partial charge < -0.3 is 18.9 Å². The van der Waals surface area contributed by atoms with E-state index in [-0.39, 0.29) is 24.1 Å². The van der Waals surface area contributed by atoms with Gasteiger partial charge in [-0.15, -0.1) is 0 Å². The van der Waals surface area contributed by atoms with Crippen LogP contribution in [0.25, 0.3) is 0 Å². The van der Waals surface area contributed by atoms with Gasteiger partial charge in [0.15, 0.2) is 0 Å². The van der Waals surface area contributed by atoms with E-state index in [0.717, 1.165) is 38.9 Å². The van der Waals surface area contributed by atoms with Crippen molar-refractivity contribution in [3.8, 4) is 0 Å². The molecule has 0 aromatic rings. The van der Waals surface area contributed by atoms with Gasteiger partial charge in [-0.2, -0.15) is 0 Å². The van der Waals surface area contributed by atoms with Crippen LogP contribution >= 0.6 is 0 Å². The summed E-state index contributed by atoms with van der Waals surface area (Å²) in [5, 5.41) is 0. The molecular weight excluding hydrogens is 408 g/mol. The fourth-order valence-corrected chi connectivity index (χ4v) is 3.86. The van der Waals surface area contributed by atoms with Gasteiger partial charge in [-0.05, 0) is 12.8 Å². The first-order valence-corrected chi connectivity index (χ1v) is 13.3. The van der Waals surface area contributed by atoms with Crippen molar-refractivity contribution in [3.63, 3.8) is 0 Å². The van der Waals surface area contributed by atoms with Crippen molar-refractivity contribution in [1.29, 1.82) is 0 Å². The van der Waals surface area contributed by atoms with E-state index in [1.165, 1.54) is 77.0 Å². The average Bonchev–Trinajstić information content (AvgIpc) is 3.70. The van der Waals surface area contributed by atoms with E-state index in [1.807, 2.05) is 0 Å². The third-order valence-corrected chi connectivity index (χ3v) is 6.18. The highest BCUT2D eigenvalue weighted by Crippen LogP contribution is 2.15. The fourth-order valence-electron chi connectivity index (χ4n) is 3.86. The lowest BCUT2D eigenvalue weighted by atomic mass is 10.0. The average molecular weight is 455 g/mol. The predicted molar refractivity (Wildman–Crippen MR) is 125 cm³/mol. The van der Waals surface area contributed by atoms with Gasteiger partial charge in [0.2, 0.25) is 0 Å². The van der Waals surface area contributed by atoms with Crippen LogP contribution in [-0.2, 0) is 28.5 Å². The number of hydrogen-bond donors (Lipinski definition) is 0. The van der Waals surface area contributed by atoms with Crippen LogP contribution in [-0.4, -0.2) is 50.6 Å². The van der Waals surface area contributed by atoms with Crippen molar-refractivity contribution in [3.05, 3.63) is 0 Å². The second-order valence-electron chi connectivity index (χ2n) is 9.43. The first-order chi connectivity index (χ1) is 15.7. The molecule has 6 nitrogen and oxygen atoms in total. The van der Waals surface area contributed by atoms with Crippen molar-refractivity contribution in [2.45, 2.75) is 128 Å². The number of hydrogen-bond acceptors (Lipinski definition) is 6. The van der Waals surface area contributed by atoms with Gasteiger partial charge in [-0.3, -0.25) is 9.59 Å². The summed E-state index contributed by atoms with van der Waals surface area (Å²) in [7, 11) is 0. The normalized spacial score (nSPS) is 19.0. The Kier molecular flexibility index (Phi) is 15.5. The molecule has 2 unspecified atom stereocenters. The van der Waals surface area contributed by atoms with E-state index >= 15 is 0 Å². The number of rotatable bonds is 23. The molecule has 2 saturated heterocycles. The smallest absolute Gasteiger partial charge is 0.305 e. The molecule has 0 aliphatic carbocycles. The second-order valence-corrected chi connectivity index (χ2v) is 9.43. The Hall–Kier alpha value is -1.14. The number of esters is 2. The van der Waals surface area contributed by atoms with E-state index in [9.17, 15) is 9.59 Å². The minimum Gasteiger partial charge on any atom is -0.463 e. The quantitative estimate of drug-likeness (QED) is 0.109. The van der Waals surface area contributed by atoms with Gasteiger partial charge in [-0.25, -0.2) is 0 Å². The predicted octanol–water partition coefficient (Wildman–Crippen LogP) is 5.89. The lowest BCUT2D eigenvalue weighted by molar-refractivity contribution is -0.145. The molecule has 32 heavy (non-hydrogen) atoms. The highest BCUT2D eigenvalue weighted by molar-refractivity contribution is 5.69.